The van der Waals surface area contributed by atoms with Crippen LogP contribution < -0.4 is 0 Å². The van der Waals surface area contributed by atoms with Crippen LogP contribution in [-0.2, 0) is 6.42 Å². The standard InChI is InChI=1S/C26H32F2/c1-3-5-7-19-9-11-20(12-10-19)22-15-16-24(26(28)17-22)23-14-13-21(8-6-4-2)25(27)18-23/h4,13-20H,2-3,5-12H2,1H3. The molecule has 0 radical (unpaired) electrons. The molecule has 2 heteroatoms. The minimum absolute atomic E-state index is 0.246. The normalized spacial score (nSPS) is 19.5. The molecule has 0 unspecified atom stereocenters. The van der Waals surface area contributed by atoms with Crippen LogP contribution >= 0.6 is 0 Å². The third kappa shape index (κ3) is 5.10. The molecule has 0 amide bonds. The number of benzene rings is 2. The van der Waals surface area contributed by atoms with Gasteiger partial charge in [0.1, 0.15) is 11.6 Å². The van der Waals surface area contributed by atoms with E-state index >= 15 is 0 Å². The van der Waals surface area contributed by atoms with Crippen molar-refractivity contribution in [1.29, 1.82) is 0 Å². The van der Waals surface area contributed by atoms with Crippen LogP contribution in [0.25, 0.3) is 11.1 Å². The van der Waals surface area contributed by atoms with Gasteiger partial charge in [0.05, 0.1) is 0 Å². The van der Waals surface area contributed by atoms with Crippen molar-refractivity contribution in [1.82, 2.24) is 0 Å². The smallest absolute Gasteiger partial charge is 0.131 e. The highest BCUT2D eigenvalue weighted by atomic mass is 19.1. The molecule has 0 bridgehead atoms. The fraction of sp³-hybridized carbons (Fsp3) is 0.462. The molecule has 28 heavy (non-hydrogen) atoms. The minimum Gasteiger partial charge on any atom is -0.207 e. The van der Waals surface area contributed by atoms with Gasteiger partial charge in [-0.25, -0.2) is 8.78 Å². The second-order valence-corrected chi connectivity index (χ2v) is 8.23. The Bertz CT molecular complexity index is 785. The summed E-state index contributed by atoms with van der Waals surface area (Å²) < 4.78 is 29.2. The van der Waals surface area contributed by atoms with Crippen LogP contribution in [0.4, 0.5) is 8.78 Å². The average molecular weight is 383 g/mol. The van der Waals surface area contributed by atoms with Gasteiger partial charge in [0.15, 0.2) is 0 Å². The summed E-state index contributed by atoms with van der Waals surface area (Å²) >= 11 is 0. The molecule has 0 spiro atoms. The van der Waals surface area contributed by atoms with Crippen molar-refractivity contribution in [2.45, 2.75) is 70.6 Å². The Morgan fingerprint density at radius 1 is 1.00 bits per heavy atom. The van der Waals surface area contributed by atoms with Gasteiger partial charge >= 0.3 is 0 Å². The largest absolute Gasteiger partial charge is 0.207 e. The molecular weight excluding hydrogens is 350 g/mol. The van der Waals surface area contributed by atoms with Gasteiger partial charge in [0.2, 0.25) is 0 Å². The number of halogens is 2. The summed E-state index contributed by atoms with van der Waals surface area (Å²) in [6.45, 7) is 5.92. The summed E-state index contributed by atoms with van der Waals surface area (Å²) in [6, 6.07) is 10.6. The highest BCUT2D eigenvalue weighted by molar-refractivity contribution is 5.65. The van der Waals surface area contributed by atoms with E-state index in [-0.39, 0.29) is 11.6 Å². The Kier molecular flexibility index (Phi) is 7.42. The highest BCUT2D eigenvalue weighted by Crippen LogP contribution is 2.39. The fourth-order valence-electron chi connectivity index (χ4n) is 4.47. The Morgan fingerprint density at radius 3 is 2.43 bits per heavy atom. The van der Waals surface area contributed by atoms with E-state index in [1.165, 1.54) is 38.2 Å². The van der Waals surface area contributed by atoms with Gasteiger partial charge in [0.25, 0.3) is 0 Å². The highest BCUT2D eigenvalue weighted by Gasteiger charge is 2.23. The molecule has 0 saturated heterocycles. The maximum Gasteiger partial charge on any atom is 0.131 e. The van der Waals surface area contributed by atoms with E-state index in [1.807, 2.05) is 18.2 Å². The molecule has 0 heterocycles. The molecular formula is C26H32F2. The van der Waals surface area contributed by atoms with Gasteiger partial charge in [-0.2, -0.15) is 0 Å². The van der Waals surface area contributed by atoms with Gasteiger partial charge in [-0.05, 0) is 79.2 Å². The molecule has 1 aliphatic rings. The van der Waals surface area contributed by atoms with Crippen LogP contribution in [0.15, 0.2) is 49.1 Å². The number of allylic oxidation sites excluding steroid dienone is 1. The molecule has 2 aromatic carbocycles. The zero-order valence-electron chi connectivity index (χ0n) is 17.0. The van der Waals surface area contributed by atoms with Crippen LogP contribution in [0.5, 0.6) is 0 Å². The van der Waals surface area contributed by atoms with E-state index in [1.54, 1.807) is 18.2 Å². The zero-order valence-corrected chi connectivity index (χ0v) is 17.0. The first-order valence-electron chi connectivity index (χ1n) is 10.8. The lowest BCUT2D eigenvalue weighted by atomic mass is 9.77. The summed E-state index contributed by atoms with van der Waals surface area (Å²) in [6.07, 6.45) is 11.9. The second-order valence-electron chi connectivity index (χ2n) is 8.23. The van der Waals surface area contributed by atoms with Gasteiger partial charge < -0.3 is 0 Å². The van der Waals surface area contributed by atoms with E-state index in [0.717, 1.165) is 30.7 Å². The Hall–Kier alpha value is -1.96. The fourth-order valence-corrected chi connectivity index (χ4v) is 4.47. The van der Waals surface area contributed by atoms with Crippen molar-refractivity contribution in [2.75, 3.05) is 0 Å². The molecule has 0 aromatic heterocycles. The van der Waals surface area contributed by atoms with E-state index in [9.17, 15) is 8.78 Å². The van der Waals surface area contributed by atoms with Crippen molar-refractivity contribution < 1.29 is 8.78 Å². The van der Waals surface area contributed by atoms with Gasteiger partial charge in [-0.15, -0.1) is 6.58 Å². The van der Waals surface area contributed by atoms with Crippen molar-refractivity contribution >= 4 is 0 Å². The topological polar surface area (TPSA) is 0 Å². The Balaban J connectivity index is 1.69. The summed E-state index contributed by atoms with van der Waals surface area (Å²) in [7, 11) is 0. The first-order valence-corrected chi connectivity index (χ1v) is 10.8. The molecule has 0 aliphatic heterocycles. The molecule has 0 atom stereocenters. The Morgan fingerprint density at radius 2 is 1.79 bits per heavy atom. The predicted octanol–water partition coefficient (Wildman–Crippen LogP) is 8.21. The second kappa shape index (κ2) is 10.0. The molecule has 1 aliphatic carbocycles. The SMILES string of the molecule is C=CCCc1ccc(-c2ccc(C3CCC(CCCC)CC3)cc2F)cc1F. The van der Waals surface area contributed by atoms with Crippen molar-refractivity contribution in [3.05, 3.63) is 71.8 Å². The molecule has 0 N–H and O–H groups in total. The molecule has 1 saturated carbocycles. The number of hydrogen-bond acceptors (Lipinski definition) is 0. The maximum absolute atomic E-state index is 14.8. The first-order chi connectivity index (χ1) is 13.6. The number of unbranched alkanes of at least 4 members (excludes halogenated alkanes) is 1. The van der Waals surface area contributed by atoms with Crippen molar-refractivity contribution in [3.63, 3.8) is 0 Å². The lowest BCUT2D eigenvalue weighted by molar-refractivity contribution is 0.304. The van der Waals surface area contributed by atoms with Gasteiger partial charge in [-0.1, -0.05) is 56.5 Å². The number of rotatable bonds is 8. The van der Waals surface area contributed by atoms with E-state index < -0.39 is 0 Å². The van der Waals surface area contributed by atoms with Crippen LogP contribution in [0.2, 0.25) is 0 Å². The summed E-state index contributed by atoms with van der Waals surface area (Å²) in [5.74, 6) is 0.791. The summed E-state index contributed by atoms with van der Waals surface area (Å²) in [5.41, 5.74) is 2.83. The van der Waals surface area contributed by atoms with E-state index in [4.69, 9.17) is 0 Å². The van der Waals surface area contributed by atoms with Gasteiger partial charge in [0, 0.05) is 5.56 Å². The Labute approximate surface area is 168 Å². The summed E-state index contributed by atoms with van der Waals surface area (Å²) in [5, 5.41) is 0. The molecule has 1 fully saturated rings. The average Bonchev–Trinajstić information content (AvgIpc) is 2.71. The van der Waals surface area contributed by atoms with Crippen LogP contribution in [0.1, 0.15) is 75.3 Å². The molecule has 0 nitrogen and oxygen atoms in total. The lowest BCUT2D eigenvalue weighted by Crippen LogP contribution is -2.13. The maximum atomic E-state index is 14.8. The van der Waals surface area contributed by atoms with Gasteiger partial charge in [-0.3, -0.25) is 0 Å². The van der Waals surface area contributed by atoms with E-state index in [0.29, 0.717) is 29.0 Å². The monoisotopic (exact) mass is 382 g/mol. The molecule has 2 aromatic rings. The molecule has 3 rings (SSSR count). The number of hydrogen-bond donors (Lipinski definition) is 0. The van der Waals surface area contributed by atoms with Crippen LogP contribution in [-0.4, -0.2) is 0 Å². The third-order valence-electron chi connectivity index (χ3n) is 6.26. The number of aryl methyl sites for hydroxylation is 1. The lowest BCUT2D eigenvalue weighted by Gasteiger charge is -2.29. The van der Waals surface area contributed by atoms with Crippen molar-refractivity contribution in [2.24, 2.45) is 5.92 Å². The van der Waals surface area contributed by atoms with Crippen LogP contribution in [0, 0.1) is 17.6 Å². The zero-order chi connectivity index (χ0) is 19.9. The van der Waals surface area contributed by atoms with Crippen molar-refractivity contribution in [3.8, 4) is 11.1 Å². The molecule has 150 valence electrons. The quantitative estimate of drug-likeness (QED) is 0.403. The van der Waals surface area contributed by atoms with Crippen LogP contribution in [0.3, 0.4) is 0 Å². The minimum atomic E-state index is -0.270. The summed E-state index contributed by atoms with van der Waals surface area (Å²) in [4.78, 5) is 0. The third-order valence-corrected chi connectivity index (χ3v) is 6.26. The first kappa shape index (κ1) is 20.8. The van der Waals surface area contributed by atoms with E-state index in [2.05, 4.69) is 13.5 Å². The predicted molar refractivity (Wildman–Crippen MR) is 115 cm³/mol.